The fourth-order valence-corrected chi connectivity index (χ4v) is 6.41. The Hall–Kier alpha value is -2.73. The van der Waals surface area contributed by atoms with Crippen molar-refractivity contribution in [1.29, 1.82) is 0 Å². The van der Waals surface area contributed by atoms with Gasteiger partial charge in [0.15, 0.2) is 5.17 Å². The molecule has 3 aromatic rings. The zero-order valence-electron chi connectivity index (χ0n) is 19.5. The van der Waals surface area contributed by atoms with E-state index in [9.17, 15) is 0 Å². The van der Waals surface area contributed by atoms with Crippen molar-refractivity contribution in [3.05, 3.63) is 77.4 Å². The molecule has 3 atom stereocenters. The Bertz CT molecular complexity index is 1130. The van der Waals surface area contributed by atoms with E-state index in [1.165, 1.54) is 33.5 Å². The van der Waals surface area contributed by atoms with Crippen molar-refractivity contribution < 1.29 is 0 Å². The predicted octanol–water partition coefficient (Wildman–Crippen LogP) is 5.53. The zero-order chi connectivity index (χ0) is 22.4. The Balaban J connectivity index is 1.60. The minimum absolute atomic E-state index is 0.0260. The molecule has 1 saturated heterocycles. The van der Waals surface area contributed by atoms with Crippen LogP contribution in [0.5, 0.6) is 0 Å². The molecule has 4 heterocycles. The van der Waals surface area contributed by atoms with Crippen molar-refractivity contribution in [2.75, 3.05) is 24.7 Å². The second-order valence-electron chi connectivity index (χ2n) is 8.91. The average molecular weight is 446 g/mol. The zero-order valence-corrected chi connectivity index (χ0v) is 20.3. The lowest BCUT2D eigenvalue weighted by Gasteiger charge is -2.32. The van der Waals surface area contributed by atoms with Gasteiger partial charge < -0.3 is 14.4 Å². The van der Waals surface area contributed by atoms with Crippen molar-refractivity contribution in [3.8, 4) is 5.69 Å². The Morgan fingerprint density at radius 3 is 2.53 bits per heavy atom. The van der Waals surface area contributed by atoms with Gasteiger partial charge in [-0.05, 0) is 68.3 Å². The fraction of sp³-hybridized carbons (Fsp3) is 0.385. The highest BCUT2D eigenvalue weighted by Crippen LogP contribution is 2.49. The summed E-state index contributed by atoms with van der Waals surface area (Å²) < 4.78 is 2.38. The molecule has 0 unspecified atom stereocenters. The van der Waals surface area contributed by atoms with Crippen molar-refractivity contribution in [2.45, 2.75) is 45.3 Å². The summed E-state index contributed by atoms with van der Waals surface area (Å²) in [6, 6.07) is 18.1. The number of pyridine rings is 1. The molecule has 32 heavy (non-hydrogen) atoms. The van der Waals surface area contributed by atoms with Crippen LogP contribution in [-0.2, 0) is 0 Å². The van der Waals surface area contributed by atoms with E-state index in [0.717, 1.165) is 17.9 Å². The Labute approximate surface area is 195 Å². The summed E-state index contributed by atoms with van der Waals surface area (Å²) in [6.45, 7) is 6.74. The van der Waals surface area contributed by atoms with Crippen molar-refractivity contribution >= 4 is 22.6 Å². The van der Waals surface area contributed by atoms with Crippen LogP contribution in [-0.4, -0.2) is 45.5 Å². The van der Waals surface area contributed by atoms with Gasteiger partial charge in [-0.1, -0.05) is 24.8 Å². The highest BCUT2D eigenvalue weighted by atomic mass is 32.2. The maximum atomic E-state index is 5.19. The van der Waals surface area contributed by atoms with Gasteiger partial charge in [-0.3, -0.25) is 9.98 Å². The van der Waals surface area contributed by atoms with Crippen LogP contribution >= 0.6 is 11.8 Å². The molecule has 0 spiro atoms. The highest BCUT2D eigenvalue weighted by molar-refractivity contribution is 8.14. The molecule has 0 aliphatic carbocycles. The van der Waals surface area contributed by atoms with Gasteiger partial charge in [0.25, 0.3) is 0 Å². The van der Waals surface area contributed by atoms with E-state index < -0.39 is 0 Å². The SMILES string of the molecule is CC[C@@H]1CSC2=N[C@H](c3ccccn3)[C@H](c3cc(C)n(-c4ccc(N(C)C)cc4)c3C)N21. The van der Waals surface area contributed by atoms with Crippen LogP contribution in [0, 0.1) is 13.8 Å². The molecule has 1 fully saturated rings. The molecular formula is C26H31N5S. The lowest BCUT2D eigenvalue weighted by molar-refractivity contribution is 0.254. The largest absolute Gasteiger partial charge is 0.378 e. The average Bonchev–Trinajstić information content (AvgIpc) is 3.46. The lowest BCUT2D eigenvalue weighted by atomic mass is 9.95. The van der Waals surface area contributed by atoms with E-state index in [-0.39, 0.29) is 12.1 Å². The van der Waals surface area contributed by atoms with Gasteiger partial charge in [0, 0.05) is 54.8 Å². The van der Waals surface area contributed by atoms with Gasteiger partial charge in [-0.2, -0.15) is 0 Å². The monoisotopic (exact) mass is 445 g/mol. The third kappa shape index (κ3) is 3.41. The molecule has 1 aromatic carbocycles. The first-order valence-corrected chi connectivity index (χ1v) is 12.3. The number of hydrogen-bond donors (Lipinski definition) is 0. The molecule has 0 amide bonds. The van der Waals surface area contributed by atoms with Crippen LogP contribution in [0.2, 0.25) is 0 Å². The highest BCUT2D eigenvalue weighted by Gasteiger charge is 2.46. The third-order valence-electron chi connectivity index (χ3n) is 6.74. The molecule has 166 valence electrons. The van der Waals surface area contributed by atoms with E-state index in [0.29, 0.717) is 6.04 Å². The summed E-state index contributed by atoms with van der Waals surface area (Å²) in [7, 11) is 4.15. The number of nitrogens with zero attached hydrogens (tertiary/aromatic N) is 5. The standard InChI is InChI=1S/C26H31N5S/c1-6-19-16-32-26-28-24(23-9-7-8-14-27-23)25(31(19)26)22-15-17(2)30(18(22)3)21-12-10-20(11-13-21)29(4)5/h7-15,19,24-25H,6,16H2,1-5H3/t19-,24-,25+/m1/s1. The van der Waals surface area contributed by atoms with Gasteiger partial charge in [-0.15, -0.1) is 0 Å². The summed E-state index contributed by atoms with van der Waals surface area (Å²) in [5.74, 6) is 1.12. The molecule has 6 heteroatoms. The number of rotatable bonds is 5. The first kappa shape index (κ1) is 21.1. The van der Waals surface area contributed by atoms with E-state index in [1.807, 2.05) is 24.0 Å². The smallest absolute Gasteiger partial charge is 0.160 e. The van der Waals surface area contributed by atoms with Crippen LogP contribution in [0.1, 0.15) is 48.1 Å². The van der Waals surface area contributed by atoms with E-state index >= 15 is 0 Å². The summed E-state index contributed by atoms with van der Waals surface area (Å²) in [5, 5.41) is 1.18. The number of anilines is 1. The first-order chi connectivity index (χ1) is 15.5. The lowest BCUT2D eigenvalue weighted by Crippen LogP contribution is -2.35. The van der Waals surface area contributed by atoms with Crippen LogP contribution in [0.25, 0.3) is 5.69 Å². The molecule has 0 radical (unpaired) electrons. The van der Waals surface area contributed by atoms with Gasteiger partial charge in [-0.25, -0.2) is 0 Å². The molecule has 2 aliphatic rings. The van der Waals surface area contributed by atoms with Gasteiger partial charge >= 0.3 is 0 Å². The number of aryl methyl sites for hydroxylation is 1. The molecule has 5 rings (SSSR count). The minimum Gasteiger partial charge on any atom is -0.378 e. The topological polar surface area (TPSA) is 36.7 Å². The fourth-order valence-electron chi connectivity index (χ4n) is 5.07. The summed E-state index contributed by atoms with van der Waals surface area (Å²) in [4.78, 5) is 14.6. The van der Waals surface area contributed by atoms with Crippen LogP contribution < -0.4 is 4.90 Å². The van der Waals surface area contributed by atoms with Crippen LogP contribution in [0.4, 0.5) is 5.69 Å². The third-order valence-corrected chi connectivity index (χ3v) is 7.87. The van der Waals surface area contributed by atoms with Crippen molar-refractivity contribution in [2.24, 2.45) is 4.99 Å². The normalized spacial score (nSPS) is 22.2. The number of hydrogen-bond acceptors (Lipinski definition) is 5. The predicted molar refractivity (Wildman–Crippen MR) is 135 cm³/mol. The maximum absolute atomic E-state index is 5.19. The molecule has 0 N–H and O–H groups in total. The second-order valence-corrected chi connectivity index (χ2v) is 9.90. The summed E-state index contributed by atoms with van der Waals surface area (Å²) in [6.07, 6.45) is 3.01. The molecule has 0 bridgehead atoms. The molecule has 2 aliphatic heterocycles. The summed E-state index contributed by atoms with van der Waals surface area (Å²) >= 11 is 1.90. The summed E-state index contributed by atoms with van der Waals surface area (Å²) in [5.41, 5.74) is 7.36. The first-order valence-electron chi connectivity index (χ1n) is 11.4. The number of fused-ring (bicyclic) bond motifs is 1. The number of thioether (sulfide) groups is 1. The molecule has 0 saturated carbocycles. The van der Waals surface area contributed by atoms with Crippen molar-refractivity contribution in [3.63, 3.8) is 0 Å². The van der Waals surface area contributed by atoms with Gasteiger partial charge in [0.05, 0.1) is 11.7 Å². The molecule has 5 nitrogen and oxygen atoms in total. The Morgan fingerprint density at radius 1 is 1.09 bits per heavy atom. The second kappa shape index (κ2) is 8.32. The molecular weight excluding hydrogens is 414 g/mol. The Morgan fingerprint density at radius 2 is 1.88 bits per heavy atom. The maximum Gasteiger partial charge on any atom is 0.160 e. The minimum atomic E-state index is 0.0260. The number of benzene rings is 1. The number of aromatic nitrogens is 2. The van der Waals surface area contributed by atoms with E-state index in [4.69, 9.17) is 9.98 Å². The van der Waals surface area contributed by atoms with Gasteiger partial charge in [0.1, 0.15) is 6.04 Å². The van der Waals surface area contributed by atoms with Gasteiger partial charge in [0.2, 0.25) is 0 Å². The van der Waals surface area contributed by atoms with Crippen molar-refractivity contribution in [1.82, 2.24) is 14.5 Å². The van der Waals surface area contributed by atoms with Crippen LogP contribution in [0.3, 0.4) is 0 Å². The quantitative estimate of drug-likeness (QED) is 0.517. The number of aliphatic imine (C=N–C) groups is 1. The van der Waals surface area contributed by atoms with E-state index in [2.05, 4.69) is 91.7 Å². The van der Waals surface area contributed by atoms with E-state index in [1.54, 1.807) is 0 Å². The molecule has 2 aromatic heterocycles. The Kier molecular flexibility index (Phi) is 5.49. The number of amidine groups is 1. The van der Waals surface area contributed by atoms with Crippen LogP contribution in [0.15, 0.2) is 59.7 Å².